The molecule has 13 aromatic rings. The van der Waals surface area contributed by atoms with Crippen molar-refractivity contribution in [3.05, 3.63) is 216 Å². The number of pyridine rings is 1. The largest absolute Gasteiger partial charge is 0.307 e. The molecule has 0 atom stereocenters. The molecule has 0 N–H and O–H groups in total. The Hall–Kier alpha value is -8.61. The van der Waals surface area contributed by atoms with E-state index in [1.807, 2.05) is 6.20 Å². The van der Waals surface area contributed by atoms with E-state index < -0.39 is 0 Å². The van der Waals surface area contributed by atoms with Crippen molar-refractivity contribution in [2.75, 3.05) is 0 Å². The highest BCUT2D eigenvalue weighted by molar-refractivity contribution is 6.13. The maximum Gasteiger partial charge on any atom is 0.160 e. The van der Waals surface area contributed by atoms with E-state index >= 15 is 0 Å². The molecule has 0 fully saturated rings. The van der Waals surface area contributed by atoms with Crippen LogP contribution in [0.3, 0.4) is 0 Å². The van der Waals surface area contributed by atoms with Crippen LogP contribution in [0.4, 0.5) is 0 Å². The van der Waals surface area contributed by atoms with Gasteiger partial charge in [0, 0.05) is 49.8 Å². The molecule has 0 aliphatic carbocycles. The van der Waals surface area contributed by atoms with Gasteiger partial charge in [0.05, 0.1) is 67.1 Å². The van der Waals surface area contributed by atoms with Crippen molar-refractivity contribution in [2.24, 2.45) is 0 Å². The van der Waals surface area contributed by atoms with E-state index in [4.69, 9.17) is 15.0 Å². The number of aromatic nitrogens is 6. The summed E-state index contributed by atoms with van der Waals surface area (Å²) in [5, 5.41) is 5.85. The van der Waals surface area contributed by atoms with Crippen LogP contribution in [0.25, 0.3) is 117 Å². The Labute approximate surface area is 400 Å². The zero-order valence-electron chi connectivity index (χ0n) is 39.5. The first-order valence-electron chi connectivity index (χ1n) is 23.8. The fourth-order valence-corrected chi connectivity index (χ4v) is 11.7. The van der Waals surface area contributed by atoms with E-state index in [9.17, 15) is 0 Å². The van der Waals surface area contributed by atoms with E-state index in [2.05, 4.69) is 231 Å². The summed E-state index contributed by atoms with van der Waals surface area (Å²) in [4.78, 5) is 16.2. The molecule has 0 saturated carbocycles. The molecule has 6 nitrogen and oxygen atoms in total. The fourth-order valence-electron chi connectivity index (χ4n) is 11.7. The number of hydrogen-bond donors (Lipinski definition) is 0. The maximum atomic E-state index is 5.67. The van der Waals surface area contributed by atoms with E-state index in [0.29, 0.717) is 5.82 Å². The van der Waals surface area contributed by atoms with Crippen LogP contribution in [0.5, 0.6) is 0 Å². The third-order valence-corrected chi connectivity index (χ3v) is 14.2. The summed E-state index contributed by atoms with van der Waals surface area (Å²) in [5.41, 5.74) is 22.6. The standard InChI is InChI=1S/C63H48N6/c1-37-30-39(3)59(40(4)31-37)50-36-49(65-63(66-50)60-41(5)32-38(2)33-42(60)6)43-34-57(67-51-23-12-7-18-44(51)45-19-8-13-24-52(45)67)62(69-55-27-16-11-22-48(55)61-56(69)28-17-29-64-61)58(35-43)68-53-25-14-9-20-46(53)47-21-10-15-26-54(47)68/h7-36H,1-6H3. The van der Waals surface area contributed by atoms with Crippen molar-refractivity contribution in [3.8, 4) is 51.0 Å². The van der Waals surface area contributed by atoms with Gasteiger partial charge in [0.2, 0.25) is 0 Å². The third-order valence-electron chi connectivity index (χ3n) is 14.2. The van der Waals surface area contributed by atoms with Crippen LogP contribution >= 0.6 is 0 Å². The van der Waals surface area contributed by atoms with Crippen molar-refractivity contribution in [2.45, 2.75) is 41.5 Å². The number of rotatable bonds is 6. The molecule has 330 valence electrons. The van der Waals surface area contributed by atoms with E-state index in [-0.39, 0.29) is 0 Å². The van der Waals surface area contributed by atoms with Gasteiger partial charge in [-0.3, -0.25) is 4.98 Å². The number of benzene rings is 8. The lowest BCUT2D eigenvalue weighted by Gasteiger charge is -2.24. The van der Waals surface area contributed by atoms with Gasteiger partial charge in [-0.2, -0.15) is 0 Å². The predicted molar refractivity (Wildman–Crippen MR) is 288 cm³/mol. The zero-order valence-corrected chi connectivity index (χ0v) is 39.5. The maximum absolute atomic E-state index is 5.67. The summed E-state index contributed by atoms with van der Waals surface area (Å²) >= 11 is 0. The summed E-state index contributed by atoms with van der Waals surface area (Å²) in [6.45, 7) is 13.1. The highest BCUT2D eigenvalue weighted by atomic mass is 15.1. The Morgan fingerprint density at radius 3 is 1.22 bits per heavy atom. The lowest BCUT2D eigenvalue weighted by Crippen LogP contribution is -2.10. The summed E-state index contributed by atoms with van der Waals surface area (Å²) < 4.78 is 7.40. The highest BCUT2D eigenvalue weighted by Gasteiger charge is 2.27. The molecule has 13 rings (SSSR count). The summed E-state index contributed by atoms with van der Waals surface area (Å²) in [6, 6.07) is 64.2. The van der Waals surface area contributed by atoms with Crippen LogP contribution in [0.15, 0.2) is 182 Å². The van der Waals surface area contributed by atoms with Crippen LogP contribution in [0.2, 0.25) is 0 Å². The average molecular weight is 889 g/mol. The normalized spacial score (nSPS) is 11.9. The fraction of sp³-hybridized carbons (Fsp3) is 0.0952. The second kappa shape index (κ2) is 15.5. The van der Waals surface area contributed by atoms with Gasteiger partial charge in [-0.1, -0.05) is 126 Å². The van der Waals surface area contributed by atoms with Crippen LogP contribution in [-0.4, -0.2) is 28.7 Å². The van der Waals surface area contributed by atoms with Gasteiger partial charge in [-0.05, 0) is 124 Å². The number of hydrogen-bond acceptors (Lipinski definition) is 3. The Morgan fingerprint density at radius 2 is 0.739 bits per heavy atom. The summed E-state index contributed by atoms with van der Waals surface area (Å²) in [7, 11) is 0. The molecule has 0 aliphatic heterocycles. The third kappa shape index (κ3) is 6.22. The van der Waals surface area contributed by atoms with E-state index in [1.54, 1.807) is 0 Å². The first kappa shape index (κ1) is 40.6. The molecule has 8 aromatic carbocycles. The van der Waals surface area contributed by atoms with E-state index in [0.717, 1.165) is 100 Å². The molecule has 0 radical (unpaired) electrons. The second-order valence-electron chi connectivity index (χ2n) is 18.8. The number of nitrogens with zero attached hydrogens (tertiary/aromatic N) is 6. The van der Waals surface area contributed by atoms with Gasteiger partial charge in [-0.25, -0.2) is 9.97 Å². The molecule has 5 aromatic heterocycles. The average Bonchev–Trinajstić information content (AvgIpc) is 3.99. The molecule has 0 amide bonds. The smallest absolute Gasteiger partial charge is 0.160 e. The van der Waals surface area contributed by atoms with Crippen molar-refractivity contribution in [1.82, 2.24) is 28.7 Å². The molecule has 0 aliphatic rings. The predicted octanol–water partition coefficient (Wildman–Crippen LogP) is 16.0. The minimum absolute atomic E-state index is 0.714. The van der Waals surface area contributed by atoms with Gasteiger partial charge < -0.3 is 13.7 Å². The molecule has 0 unspecified atom stereocenters. The first-order chi connectivity index (χ1) is 33.7. The minimum Gasteiger partial charge on any atom is -0.307 e. The summed E-state index contributed by atoms with van der Waals surface area (Å²) in [5.74, 6) is 0.714. The molecule has 6 heteroatoms. The topological polar surface area (TPSA) is 53.5 Å². The monoisotopic (exact) mass is 888 g/mol. The minimum atomic E-state index is 0.714. The lowest BCUT2D eigenvalue weighted by molar-refractivity contribution is 1.05. The number of aryl methyl sites for hydroxylation is 6. The number of para-hydroxylation sites is 5. The Bertz CT molecular complexity index is 3860. The molecule has 0 bridgehead atoms. The van der Waals surface area contributed by atoms with Gasteiger partial charge >= 0.3 is 0 Å². The Kier molecular flexibility index (Phi) is 9.12. The van der Waals surface area contributed by atoms with Gasteiger partial charge in [0.1, 0.15) is 0 Å². The van der Waals surface area contributed by atoms with Crippen molar-refractivity contribution >= 4 is 65.5 Å². The SMILES string of the molecule is Cc1cc(C)c(-c2cc(-c3cc(-n4c5ccccc5c5ccccc54)c(-n4c5ccccc5c5ncccc54)c(-n4c5ccccc5c5ccccc54)c3)nc(-c3c(C)cc(C)cc3C)n2)c(C)c1. The van der Waals surface area contributed by atoms with Crippen LogP contribution in [0, 0.1) is 41.5 Å². The van der Waals surface area contributed by atoms with Gasteiger partial charge in [0.25, 0.3) is 0 Å². The van der Waals surface area contributed by atoms with Crippen LogP contribution in [0.1, 0.15) is 33.4 Å². The van der Waals surface area contributed by atoms with Crippen molar-refractivity contribution in [3.63, 3.8) is 0 Å². The molecule has 69 heavy (non-hydrogen) atoms. The molecular weight excluding hydrogens is 841 g/mol. The summed E-state index contributed by atoms with van der Waals surface area (Å²) in [6.07, 6.45) is 1.91. The lowest BCUT2D eigenvalue weighted by atomic mass is 9.95. The highest BCUT2D eigenvalue weighted by Crippen LogP contribution is 2.45. The first-order valence-corrected chi connectivity index (χ1v) is 23.8. The molecule has 0 saturated heterocycles. The molecule has 0 spiro atoms. The van der Waals surface area contributed by atoms with Crippen molar-refractivity contribution in [1.29, 1.82) is 0 Å². The Balaban J connectivity index is 1.26. The number of fused-ring (bicyclic) bond motifs is 9. The van der Waals surface area contributed by atoms with Crippen LogP contribution in [-0.2, 0) is 0 Å². The second-order valence-corrected chi connectivity index (χ2v) is 18.8. The molecular formula is C63H48N6. The molecule has 5 heterocycles. The van der Waals surface area contributed by atoms with Gasteiger partial charge in [-0.15, -0.1) is 0 Å². The van der Waals surface area contributed by atoms with E-state index in [1.165, 1.54) is 43.8 Å². The van der Waals surface area contributed by atoms with Crippen LogP contribution < -0.4 is 0 Å². The van der Waals surface area contributed by atoms with Gasteiger partial charge in [0.15, 0.2) is 5.82 Å². The zero-order chi connectivity index (χ0) is 46.7. The quantitative estimate of drug-likeness (QED) is 0.167. The van der Waals surface area contributed by atoms with Crippen molar-refractivity contribution < 1.29 is 0 Å². The Morgan fingerprint density at radius 1 is 0.348 bits per heavy atom.